The molecule has 0 aliphatic heterocycles. The normalized spacial score (nSPS) is 12.2. The van der Waals surface area contributed by atoms with Crippen LogP contribution >= 0.6 is 0 Å². The number of hydrogen-bond donors (Lipinski definition) is 1. The molecule has 146 valence electrons. The third kappa shape index (κ3) is 3.29. The molecule has 0 spiro atoms. The summed E-state index contributed by atoms with van der Waals surface area (Å²) in [7, 11) is 0. The highest BCUT2D eigenvalue weighted by molar-refractivity contribution is 6.02. The molecule has 8 nitrogen and oxygen atoms in total. The van der Waals surface area contributed by atoms with Gasteiger partial charge in [0, 0.05) is 11.9 Å². The molecule has 1 N–H and O–H groups in total. The standard InChI is InChI=1S/C21H18N4O4/c1-3-25-20(27)14-9-5-4-8-13(14)17(24-25)21(28)29-12(2)18-22-16-11-7-6-10-15(16)19(26)23-18/h4-12H,3H2,1-2H3,(H,22,23,26)/t12-/m1/s1. The van der Waals surface area contributed by atoms with E-state index in [4.69, 9.17) is 4.74 Å². The Morgan fingerprint density at radius 1 is 1.07 bits per heavy atom. The second-order valence-electron chi connectivity index (χ2n) is 6.53. The number of H-pyrrole nitrogens is 1. The minimum Gasteiger partial charge on any atom is -0.450 e. The lowest BCUT2D eigenvalue weighted by molar-refractivity contribution is 0.0312. The Morgan fingerprint density at radius 3 is 2.45 bits per heavy atom. The fourth-order valence-corrected chi connectivity index (χ4v) is 3.17. The molecule has 4 aromatic rings. The molecule has 0 aliphatic carbocycles. The minimum atomic E-state index is -0.817. The van der Waals surface area contributed by atoms with Crippen molar-refractivity contribution in [2.75, 3.05) is 0 Å². The van der Waals surface area contributed by atoms with E-state index < -0.39 is 12.1 Å². The molecule has 0 fully saturated rings. The second kappa shape index (κ2) is 7.31. The molecule has 2 aromatic heterocycles. The lowest BCUT2D eigenvalue weighted by Gasteiger charge is -2.14. The number of rotatable bonds is 4. The van der Waals surface area contributed by atoms with E-state index in [1.165, 1.54) is 4.68 Å². The van der Waals surface area contributed by atoms with Crippen molar-refractivity contribution < 1.29 is 9.53 Å². The van der Waals surface area contributed by atoms with Crippen LogP contribution in [0.25, 0.3) is 21.7 Å². The molecule has 8 heteroatoms. The molecule has 2 aromatic carbocycles. The lowest BCUT2D eigenvalue weighted by atomic mass is 10.1. The van der Waals surface area contributed by atoms with Gasteiger partial charge in [-0.15, -0.1) is 0 Å². The van der Waals surface area contributed by atoms with E-state index in [0.717, 1.165) is 0 Å². The van der Waals surface area contributed by atoms with Crippen LogP contribution in [0, 0.1) is 0 Å². The van der Waals surface area contributed by atoms with Gasteiger partial charge in [0.25, 0.3) is 11.1 Å². The first-order chi connectivity index (χ1) is 14.0. The summed E-state index contributed by atoms with van der Waals surface area (Å²) in [5.41, 5.74) is -0.0286. The van der Waals surface area contributed by atoms with Gasteiger partial charge in [0.1, 0.15) is 0 Å². The van der Waals surface area contributed by atoms with Crippen molar-refractivity contribution in [2.24, 2.45) is 0 Å². The highest BCUT2D eigenvalue weighted by Gasteiger charge is 2.22. The fraction of sp³-hybridized carbons (Fsp3) is 0.190. The van der Waals surface area contributed by atoms with Gasteiger partial charge in [-0.3, -0.25) is 9.59 Å². The van der Waals surface area contributed by atoms with Crippen LogP contribution in [0.3, 0.4) is 0 Å². The van der Waals surface area contributed by atoms with Crippen molar-refractivity contribution in [2.45, 2.75) is 26.5 Å². The van der Waals surface area contributed by atoms with Crippen LogP contribution < -0.4 is 11.1 Å². The molecule has 2 heterocycles. The Kier molecular flexibility index (Phi) is 4.67. The van der Waals surface area contributed by atoms with Gasteiger partial charge in [0.2, 0.25) is 0 Å². The Bertz CT molecular complexity index is 1360. The van der Waals surface area contributed by atoms with Crippen molar-refractivity contribution >= 4 is 27.6 Å². The smallest absolute Gasteiger partial charge is 0.360 e. The summed E-state index contributed by atoms with van der Waals surface area (Å²) in [6, 6.07) is 13.7. The van der Waals surface area contributed by atoms with E-state index in [-0.39, 0.29) is 22.6 Å². The maximum atomic E-state index is 12.9. The topological polar surface area (TPSA) is 107 Å². The first-order valence-electron chi connectivity index (χ1n) is 9.19. The van der Waals surface area contributed by atoms with Crippen molar-refractivity contribution in [3.05, 3.63) is 80.8 Å². The summed E-state index contributed by atoms with van der Waals surface area (Å²) >= 11 is 0. The largest absolute Gasteiger partial charge is 0.450 e. The number of carbonyl (C=O) groups is 1. The third-order valence-corrected chi connectivity index (χ3v) is 4.66. The number of nitrogens with one attached hydrogen (secondary N) is 1. The Morgan fingerprint density at radius 2 is 1.72 bits per heavy atom. The summed E-state index contributed by atoms with van der Waals surface area (Å²) in [4.78, 5) is 44.6. The average molecular weight is 390 g/mol. The number of esters is 1. The van der Waals surface area contributed by atoms with E-state index in [0.29, 0.717) is 28.2 Å². The van der Waals surface area contributed by atoms with Gasteiger partial charge in [0.15, 0.2) is 17.6 Å². The minimum absolute atomic E-state index is 0.0389. The van der Waals surface area contributed by atoms with Crippen molar-refractivity contribution in [1.82, 2.24) is 19.7 Å². The summed E-state index contributed by atoms with van der Waals surface area (Å²) in [6.07, 6.45) is -0.817. The van der Waals surface area contributed by atoms with E-state index in [9.17, 15) is 14.4 Å². The molecule has 0 saturated carbocycles. The van der Waals surface area contributed by atoms with Crippen LogP contribution in [0.1, 0.15) is 36.3 Å². The number of hydrogen-bond acceptors (Lipinski definition) is 6. The highest BCUT2D eigenvalue weighted by atomic mass is 16.5. The van der Waals surface area contributed by atoms with Crippen LogP contribution in [0.4, 0.5) is 0 Å². The molecule has 0 saturated heterocycles. The number of benzene rings is 2. The van der Waals surface area contributed by atoms with Crippen molar-refractivity contribution in [3.8, 4) is 0 Å². The first-order valence-corrected chi connectivity index (χ1v) is 9.19. The molecule has 0 bridgehead atoms. The third-order valence-electron chi connectivity index (χ3n) is 4.66. The number of nitrogens with zero attached hydrogens (tertiary/aromatic N) is 3. The van der Waals surface area contributed by atoms with Gasteiger partial charge in [0.05, 0.1) is 16.3 Å². The van der Waals surface area contributed by atoms with Crippen LogP contribution in [0.5, 0.6) is 0 Å². The SMILES string of the molecule is CCn1nc(C(=O)O[C@H](C)c2nc3ccccc3c(=O)[nH]2)c2ccccc2c1=O. The predicted molar refractivity (Wildman–Crippen MR) is 108 cm³/mol. The van der Waals surface area contributed by atoms with Gasteiger partial charge in [-0.2, -0.15) is 5.10 Å². The van der Waals surface area contributed by atoms with E-state index in [1.807, 2.05) is 0 Å². The van der Waals surface area contributed by atoms with Crippen LogP contribution in [-0.4, -0.2) is 25.7 Å². The number of ether oxygens (including phenoxy) is 1. The van der Waals surface area contributed by atoms with Crippen molar-refractivity contribution in [3.63, 3.8) is 0 Å². The zero-order valence-corrected chi connectivity index (χ0v) is 15.9. The Hall–Kier alpha value is -3.81. The Balaban J connectivity index is 1.72. The number of carbonyl (C=O) groups excluding carboxylic acids is 1. The summed E-state index contributed by atoms with van der Waals surface area (Å²) in [5, 5.41) is 5.43. The summed E-state index contributed by atoms with van der Waals surface area (Å²) in [6.45, 7) is 3.70. The van der Waals surface area contributed by atoms with Gasteiger partial charge in [-0.25, -0.2) is 14.5 Å². The molecule has 0 aliphatic rings. The second-order valence-corrected chi connectivity index (χ2v) is 6.53. The maximum absolute atomic E-state index is 12.9. The average Bonchev–Trinajstić information content (AvgIpc) is 2.74. The molecule has 29 heavy (non-hydrogen) atoms. The zero-order chi connectivity index (χ0) is 20.5. The van der Waals surface area contributed by atoms with Crippen LogP contribution in [0.2, 0.25) is 0 Å². The van der Waals surface area contributed by atoms with Crippen LogP contribution in [-0.2, 0) is 11.3 Å². The van der Waals surface area contributed by atoms with E-state index in [1.54, 1.807) is 62.4 Å². The van der Waals surface area contributed by atoms with Crippen molar-refractivity contribution in [1.29, 1.82) is 0 Å². The molecular weight excluding hydrogens is 372 g/mol. The highest BCUT2D eigenvalue weighted by Crippen LogP contribution is 2.19. The fourth-order valence-electron chi connectivity index (χ4n) is 3.17. The number of aryl methyl sites for hydroxylation is 1. The molecule has 0 amide bonds. The van der Waals surface area contributed by atoms with E-state index >= 15 is 0 Å². The molecule has 4 rings (SSSR count). The number of para-hydroxylation sites is 1. The molecule has 1 atom stereocenters. The van der Waals surface area contributed by atoms with Gasteiger partial charge in [-0.05, 0) is 32.0 Å². The van der Waals surface area contributed by atoms with Gasteiger partial charge < -0.3 is 9.72 Å². The summed E-state index contributed by atoms with van der Waals surface area (Å²) < 4.78 is 6.75. The quantitative estimate of drug-likeness (QED) is 0.537. The lowest BCUT2D eigenvalue weighted by Crippen LogP contribution is -2.26. The van der Waals surface area contributed by atoms with Gasteiger partial charge >= 0.3 is 5.97 Å². The van der Waals surface area contributed by atoms with Gasteiger partial charge in [-0.1, -0.05) is 30.3 Å². The first kappa shape index (κ1) is 18.5. The number of aromatic nitrogens is 4. The molecule has 0 unspecified atom stereocenters. The summed E-state index contributed by atoms with van der Waals surface area (Å²) in [5.74, 6) is -0.470. The monoisotopic (exact) mass is 390 g/mol. The number of aromatic amines is 1. The van der Waals surface area contributed by atoms with Crippen LogP contribution in [0.15, 0.2) is 58.1 Å². The zero-order valence-electron chi connectivity index (χ0n) is 15.9. The molecule has 0 radical (unpaired) electrons. The number of fused-ring (bicyclic) bond motifs is 2. The Labute approximate surface area is 164 Å². The maximum Gasteiger partial charge on any atom is 0.360 e. The molecular formula is C21H18N4O4. The van der Waals surface area contributed by atoms with E-state index in [2.05, 4.69) is 15.1 Å². The predicted octanol–water partition coefficient (Wildman–Crippen LogP) is 2.57.